The standard InChI is InChI=1S/C20H22Cl2N6O/c1-12-15(10-23)18(14-4-3-13(21)9-16(14)22)28-11-17(25-20(28)24-12)19(29)27-7-5-26(2)6-8-27/h3-4,9,11H,5-8,10,23H2,1-2H3. The maximum atomic E-state index is 13.0. The number of nitrogens with zero attached hydrogens (tertiary/aromatic N) is 5. The summed E-state index contributed by atoms with van der Waals surface area (Å²) in [6.07, 6.45) is 1.72. The molecule has 1 fully saturated rings. The Morgan fingerprint density at radius 3 is 2.55 bits per heavy atom. The van der Waals surface area contributed by atoms with Crippen LogP contribution < -0.4 is 5.73 Å². The summed E-state index contributed by atoms with van der Waals surface area (Å²) in [4.78, 5) is 26.1. The van der Waals surface area contributed by atoms with Gasteiger partial charge in [0, 0.05) is 60.8 Å². The van der Waals surface area contributed by atoms with Crippen molar-refractivity contribution in [3.8, 4) is 11.3 Å². The summed E-state index contributed by atoms with van der Waals surface area (Å²) >= 11 is 12.6. The number of aryl methyl sites for hydroxylation is 1. The Labute approximate surface area is 179 Å². The number of piperazine rings is 1. The fourth-order valence-corrected chi connectivity index (χ4v) is 4.14. The number of likely N-dealkylation sites (N-methyl/N-ethyl adjacent to an activating group) is 1. The molecule has 4 rings (SSSR count). The first kappa shape index (κ1) is 20.1. The molecule has 1 aliphatic rings. The van der Waals surface area contributed by atoms with Gasteiger partial charge in [0.2, 0.25) is 5.78 Å². The molecule has 0 saturated carbocycles. The molecule has 1 amide bonds. The van der Waals surface area contributed by atoms with Gasteiger partial charge in [0.25, 0.3) is 5.91 Å². The van der Waals surface area contributed by atoms with E-state index in [2.05, 4.69) is 21.9 Å². The van der Waals surface area contributed by atoms with E-state index in [4.69, 9.17) is 28.9 Å². The van der Waals surface area contributed by atoms with Crippen LogP contribution >= 0.6 is 23.2 Å². The van der Waals surface area contributed by atoms with E-state index in [1.54, 1.807) is 22.7 Å². The minimum atomic E-state index is -0.0938. The summed E-state index contributed by atoms with van der Waals surface area (Å²) < 4.78 is 1.80. The van der Waals surface area contributed by atoms with Gasteiger partial charge in [-0.1, -0.05) is 23.2 Å². The van der Waals surface area contributed by atoms with Gasteiger partial charge < -0.3 is 15.5 Å². The molecule has 1 aromatic carbocycles. The lowest BCUT2D eigenvalue weighted by Crippen LogP contribution is -2.47. The Hall–Kier alpha value is -2.19. The second-order valence-electron chi connectivity index (χ2n) is 7.24. The zero-order valence-corrected chi connectivity index (χ0v) is 17.8. The van der Waals surface area contributed by atoms with E-state index in [0.717, 1.165) is 35.6 Å². The third kappa shape index (κ3) is 3.71. The second-order valence-corrected chi connectivity index (χ2v) is 8.09. The highest BCUT2D eigenvalue weighted by Gasteiger charge is 2.25. The zero-order valence-electron chi connectivity index (χ0n) is 16.3. The molecule has 7 nitrogen and oxygen atoms in total. The summed E-state index contributed by atoms with van der Waals surface area (Å²) in [5.74, 6) is 0.349. The fourth-order valence-electron chi connectivity index (χ4n) is 3.64. The topological polar surface area (TPSA) is 79.8 Å². The molecule has 0 aliphatic carbocycles. The van der Waals surface area contributed by atoms with Crippen LogP contribution in [0.4, 0.5) is 0 Å². The minimum absolute atomic E-state index is 0.0938. The van der Waals surface area contributed by atoms with Gasteiger partial charge in [-0.2, -0.15) is 0 Å². The Balaban J connectivity index is 1.85. The number of hydrogen-bond donors (Lipinski definition) is 1. The molecule has 3 heterocycles. The number of aromatic nitrogens is 3. The van der Waals surface area contributed by atoms with Gasteiger partial charge >= 0.3 is 0 Å². The molecule has 9 heteroatoms. The zero-order chi connectivity index (χ0) is 20.7. The molecule has 0 unspecified atom stereocenters. The summed E-state index contributed by atoms with van der Waals surface area (Å²) in [6.45, 7) is 5.22. The number of amides is 1. The highest BCUT2D eigenvalue weighted by atomic mass is 35.5. The predicted molar refractivity (Wildman–Crippen MR) is 114 cm³/mol. The van der Waals surface area contributed by atoms with Crippen LogP contribution in [-0.2, 0) is 6.54 Å². The Morgan fingerprint density at radius 2 is 1.90 bits per heavy atom. The molecule has 0 spiro atoms. The molecule has 2 N–H and O–H groups in total. The third-order valence-corrected chi connectivity index (χ3v) is 5.87. The van der Waals surface area contributed by atoms with Crippen molar-refractivity contribution < 1.29 is 4.79 Å². The van der Waals surface area contributed by atoms with Crippen LogP contribution in [0, 0.1) is 6.92 Å². The SMILES string of the molecule is Cc1nc2nc(C(=O)N3CCN(C)CC3)cn2c(-c2ccc(Cl)cc2Cl)c1CN. The van der Waals surface area contributed by atoms with Crippen LogP contribution in [0.1, 0.15) is 21.7 Å². The lowest BCUT2D eigenvalue weighted by molar-refractivity contribution is 0.0659. The fraction of sp³-hybridized carbons (Fsp3) is 0.350. The van der Waals surface area contributed by atoms with Gasteiger partial charge in [0.1, 0.15) is 5.69 Å². The molecule has 0 bridgehead atoms. The third-order valence-electron chi connectivity index (χ3n) is 5.32. The van der Waals surface area contributed by atoms with Crippen LogP contribution in [0.2, 0.25) is 10.0 Å². The lowest BCUT2D eigenvalue weighted by atomic mass is 10.0. The van der Waals surface area contributed by atoms with Gasteiger partial charge in [0.15, 0.2) is 0 Å². The van der Waals surface area contributed by atoms with Crippen molar-refractivity contribution in [1.82, 2.24) is 24.2 Å². The van der Waals surface area contributed by atoms with E-state index >= 15 is 0 Å². The predicted octanol–water partition coefficient (Wildman–Crippen LogP) is 2.86. The van der Waals surface area contributed by atoms with E-state index < -0.39 is 0 Å². The van der Waals surface area contributed by atoms with Gasteiger partial charge in [-0.3, -0.25) is 9.20 Å². The molecule has 1 saturated heterocycles. The van der Waals surface area contributed by atoms with E-state index in [9.17, 15) is 4.79 Å². The van der Waals surface area contributed by atoms with E-state index in [0.29, 0.717) is 34.6 Å². The first-order valence-electron chi connectivity index (χ1n) is 9.41. The van der Waals surface area contributed by atoms with Crippen LogP contribution in [0.5, 0.6) is 0 Å². The minimum Gasteiger partial charge on any atom is -0.335 e. The average Bonchev–Trinajstić information content (AvgIpc) is 3.11. The number of carbonyl (C=O) groups excluding carboxylic acids is 1. The molecular formula is C20H22Cl2N6O. The number of nitrogens with two attached hydrogens (primary N) is 1. The molecule has 2 aromatic heterocycles. The summed E-state index contributed by atoms with van der Waals surface area (Å²) in [5.41, 5.74) is 9.54. The maximum absolute atomic E-state index is 13.0. The molecule has 152 valence electrons. The first-order valence-corrected chi connectivity index (χ1v) is 10.2. The monoisotopic (exact) mass is 432 g/mol. The number of halogens is 2. The number of benzene rings is 1. The van der Waals surface area contributed by atoms with Gasteiger partial charge in [-0.25, -0.2) is 9.97 Å². The molecule has 29 heavy (non-hydrogen) atoms. The molecule has 0 atom stereocenters. The van der Waals surface area contributed by atoms with Gasteiger partial charge in [-0.05, 0) is 32.2 Å². The Bertz CT molecular complexity index is 1090. The highest BCUT2D eigenvalue weighted by Crippen LogP contribution is 2.34. The van der Waals surface area contributed by atoms with Gasteiger partial charge in [0.05, 0.1) is 10.7 Å². The maximum Gasteiger partial charge on any atom is 0.274 e. The number of hydrogen-bond acceptors (Lipinski definition) is 5. The number of carbonyl (C=O) groups is 1. The Morgan fingerprint density at radius 1 is 1.17 bits per heavy atom. The van der Waals surface area contributed by atoms with Crippen LogP contribution in [-0.4, -0.2) is 63.3 Å². The van der Waals surface area contributed by atoms with E-state index in [-0.39, 0.29) is 12.5 Å². The molecule has 0 radical (unpaired) electrons. The van der Waals surface area contributed by atoms with Crippen LogP contribution in [0.15, 0.2) is 24.4 Å². The average molecular weight is 433 g/mol. The molecule has 3 aromatic rings. The van der Waals surface area contributed by atoms with Crippen molar-refractivity contribution in [1.29, 1.82) is 0 Å². The molecule has 1 aliphatic heterocycles. The van der Waals surface area contributed by atoms with E-state index in [1.807, 2.05) is 17.9 Å². The summed E-state index contributed by atoms with van der Waals surface area (Å²) in [5, 5.41) is 1.05. The van der Waals surface area contributed by atoms with Crippen molar-refractivity contribution in [2.45, 2.75) is 13.5 Å². The molecular weight excluding hydrogens is 411 g/mol. The summed E-state index contributed by atoms with van der Waals surface area (Å²) in [7, 11) is 2.05. The van der Waals surface area contributed by atoms with Crippen molar-refractivity contribution >= 4 is 34.9 Å². The quantitative estimate of drug-likeness (QED) is 0.687. The van der Waals surface area contributed by atoms with Crippen LogP contribution in [0.25, 0.3) is 17.0 Å². The second kappa shape index (κ2) is 7.91. The first-order chi connectivity index (χ1) is 13.9. The van der Waals surface area contributed by atoms with Crippen molar-refractivity contribution in [3.63, 3.8) is 0 Å². The van der Waals surface area contributed by atoms with E-state index in [1.165, 1.54) is 0 Å². The number of fused-ring (bicyclic) bond motifs is 1. The largest absolute Gasteiger partial charge is 0.335 e. The van der Waals surface area contributed by atoms with Crippen molar-refractivity contribution in [3.05, 3.63) is 51.4 Å². The number of imidazole rings is 1. The summed E-state index contributed by atoms with van der Waals surface area (Å²) in [6, 6.07) is 5.31. The number of rotatable bonds is 3. The van der Waals surface area contributed by atoms with Crippen molar-refractivity contribution in [2.24, 2.45) is 5.73 Å². The highest BCUT2D eigenvalue weighted by molar-refractivity contribution is 6.36. The van der Waals surface area contributed by atoms with Crippen LogP contribution in [0.3, 0.4) is 0 Å². The smallest absolute Gasteiger partial charge is 0.274 e. The van der Waals surface area contributed by atoms with Crippen molar-refractivity contribution in [2.75, 3.05) is 33.2 Å². The Kier molecular flexibility index (Phi) is 5.48. The normalized spacial score (nSPS) is 15.3. The van der Waals surface area contributed by atoms with Gasteiger partial charge in [-0.15, -0.1) is 0 Å². The lowest BCUT2D eigenvalue weighted by Gasteiger charge is -2.31.